The van der Waals surface area contributed by atoms with Crippen molar-refractivity contribution in [2.75, 3.05) is 78.6 Å². The summed E-state index contributed by atoms with van der Waals surface area (Å²) in [5.41, 5.74) is -0.526. The molecule has 1 N–H and O–H groups in total. The Morgan fingerprint density at radius 2 is 0.922 bits per heavy atom. The molecule has 0 spiro atoms. The van der Waals surface area contributed by atoms with Crippen LogP contribution >= 0.6 is 0 Å². The van der Waals surface area contributed by atoms with E-state index in [1.54, 1.807) is 12.1 Å². The predicted octanol–water partition coefficient (Wildman–Crippen LogP) is 5.90. The van der Waals surface area contributed by atoms with E-state index >= 15 is 0 Å². The van der Waals surface area contributed by atoms with Crippen molar-refractivity contribution in [1.82, 2.24) is 19.6 Å². The Morgan fingerprint density at radius 1 is 0.531 bits per heavy atom. The van der Waals surface area contributed by atoms with Crippen LogP contribution in [0.3, 0.4) is 0 Å². The van der Waals surface area contributed by atoms with Crippen molar-refractivity contribution in [2.24, 2.45) is 0 Å². The standard InChI is InChI=1S/C49H76N4O11/c1-46(2,3)61-41(54)32-50-23-24-51(33-42(55)62-47(4,5)6)27-28-53(35-44(57)64-49(10,11)12)39(31-52(26-25-50)34-43(56)63-48(7,8)9)30-37-17-21-40(22-18-37)60-29-13-14-36-15-19-38(20-16-36)45(58)59/h15-22,39H,13-14,23-35H2,1-12H3,(H,58,59). The molecule has 1 saturated heterocycles. The smallest absolute Gasteiger partial charge is 0.335 e. The third kappa shape index (κ3) is 22.9. The molecule has 1 aliphatic heterocycles. The molecule has 1 heterocycles. The van der Waals surface area contributed by atoms with Crippen LogP contribution < -0.4 is 4.74 Å². The first-order valence-electron chi connectivity index (χ1n) is 22.4. The van der Waals surface area contributed by atoms with Gasteiger partial charge in [-0.25, -0.2) is 4.79 Å². The topological polar surface area (TPSA) is 165 Å². The first-order valence-corrected chi connectivity index (χ1v) is 22.4. The second kappa shape index (κ2) is 24.1. The highest BCUT2D eigenvalue weighted by Crippen LogP contribution is 2.20. The van der Waals surface area contributed by atoms with E-state index in [1.165, 1.54) is 0 Å². The zero-order valence-electron chi connectivity index (χ0n) is 40.6. The molecule has 1 aliphatic rings. The lowest BCUT2D eigenvalue weighted by Crippen LogP contribution is -2.54. The SMILES string of the molecule is CC(C)(C)OC(=O)CN1CCN(CC(=O)OC(C)(C)C)CCN(CC(=O)OC(C)(C)C)C(Cc2ccc(OCCCc3ccc(C(=O)O)cc3)cc2)CN(CC(=O)OC(C)(C)C)CC1. The monoisotopic (exact) mass is 897 g/mol. The number of esters is 4. The van der Waals surface area contributed by atoms with Gasteiger partial charge in [0.1, 0.15) is 28.2 Å². The van der Waals surface area contributed by atoms with E-state index in [9.17, 15) is 29.1 Å². The second-order valence-corrected chi connectivity index (χ2v) is 20.6. The van der Waals surface area contributed by atoms with Crippen molar-refractivity contribution in [3.05, 3.63) is 65.2 Å². The lowest BCUT2D eigenvalue weighted by molar-refractivity contribution is -0.160. The maximum atomic E-state index is 13.6. The molecular weight excluding hydrogens is 821 g/mol. The summed E-state index contributed by atoms with van der Waals surface area (Å²) in [5.74, 6) is -1.80. The zero-order chi connectivity index (χ0) is 47.9. The van der Waals surface area contributed by atoms with E-state index in [0.29, 0.717) is 64.6 Å². The van der Waals surface area contributed by atoms with Crippen LogP contribution in [0.25, 0.3) is 0 Å². The zero-order valence-corrected chi connectivity index (χ0v) is 40.6. The Labute approximate surface area is 381 Å². The number of carbonyl (C=O) groups is 5. The number of aromatic carboxylic acids is 1. The van der Waals surface area contributed by atoms with E-state index in [0.717, 1.165) is 24.0 Å². The van der Waals surface area contributed by atoms with Crippen LogP contribution in [0.15, 0.2) is 48.5 Å². The predicted molar refractivity (Wildman–Crippen MR) is 245 cm³/mol. The Hall–Kier alpha value is -4.57. The van der Waals surface area contributed by atoms with Gasteiger partial charge < -0.3 is 28.8 Å². The van der Waals surface area contributed by atoms with E-state index in [4.69, 9.17) is 23.7 Å². The van der Waals surface area contributed by atoms with E-state index in [2.05, 4.69) is 4.90 Å². The molecule has 0 amide bonds. The van der Waals surface area contributed by atoms with Gasteiger partial charge in [0.25, 0.3) is 0 Å². The second-order valence-electron chi connectivity index (χ2n) is 20.6. The highest BCUT2D eigenvalue weighted by molar-refractivity contribution is 5.87. The average molecular weight is 897 g/mol. The van der Waals surface area contributed by atoms with Crippen LogP contribution in [-0.4, -0.2) is 162 Å². The van der Waals surface area contributed by atoms with Crippen LogP contribution in [0.1, 0.15) is 111 Å². The van der Waals surface area contributed by atoms with Gasteiger partial charge in [0, 0.05) is 51.9 Å². The fourth-order valence-corrected chi connectivity index (χ4v) is 7.09. The van der Waals surface area contributed by atoms with Gasteiger partial charge in [-0.1, -0.05) is 24.3 Å². The van der Waals surface area contributed by atoms with Crippen LogP contribution in [0.4, 0.5) is 0 Å². The van der Waals surface area contributed by atoms with Crippen LogP contribution in [-0.2, 0) is 51.0 Å². The first kappa shape index (κ1) is 53.8. The van der Waals surface area contributed by atoms with Gasteiger partial charge in [-0.2, -0.15) is 0 Å². The summed E-state index contributed by atoms with van der Waals surface area (Å²) in [4.78, 5) is 72.9. The molecule has 64 heavy (non-hydrogen) atoms. The molecule has 0 radical (unpaired) electrons. The molecule has 0 aromatic heterocycles. The number of carbonyl (C=O) groups excluding carboxylic acids is 4. The quantitative estimate of drug-likeness (QED) is 0.120. The van der Waals surface area contributed by atoms with Gasteiger partial charge in [0.05, 0.1) is 38.3 Å². The van der Waals surface area contributed by atoms with Gasteiger partial charge in [-0.3, -0.25) is 38.8 Å². The largest absolute Gasteiger partial charge is 0.494 e. The molecule has 0 aliphatic carbocycles. The maximum Gasteiger partial charge on any atom is 0.335 e. The van der Waals surface area contributed by atoms with Gasteiger partial charge >= 0.3 is 29.8 Å². The third-order valence-electron chi connectivity index (χ3n) is 9.70. The van der Waals surface area contributed by atoms with Crippen LogP contribution in [0, 0.1) is 0 Å². The fraction of sp³-hybridized carbons (Fsp3) is 0.653. The van der Waals surface area contributed by atoms with Gasteiger partial charge in [0.15, 0.2) is 0 Å². The lowest BCUT2D eigenvalue weighted by Gasteiger charge is -2.39. The van der Waals surface area contributed by atoms with Crippen molar-refractivity contribution in [2.45, 2.75) is 131 Å². The number of benzene rings is 2. The summed E-state index contributed by atoms with van der Waals surface area (Å²) in [6.07, 6.45) is 1.97. The molecule has 3 rings (SSSR count). The number of rotatable bonds is 16. The van der Waals surface area contributed by atoms with E-state index < -0.39 is 40.3 Å². The van der Waals surface area contributed by atoms with E-state index in [1.807, 2.05) is 134 Å². The summed E-state index contributed by atoms with van der Waals surface area (Å²) < 4.78 is 29.2. The number of carboxylic acid groups (broad SMARTS) is 1. The Kier molecular flexibility index (Phi) is 20.2. The first-order chi connectivity index (χ1) is 29.6. The maximum absolute atomic E-state index is 13.6. The van der Waals surface area contributed by atoms with Gasteiger partial charge in [-0.15, -0.1) is 0 Å². The molecule has 358 valence electrons. The molecule has 0 saturated carbocycles. The molecule has 0 bridgehead atoms. The molecule has 2 aromatic carbocycles. The molecule has 1 atom stereocenters. The molecule has 15 nitrogen and oxygen atoms in total. The fourth-order valence-electron chi connectivity index (χ4n) is 7.09. The Morgan fingerprint density at radius 3 is 1.36 bits per heavy atom. The highest BCUT2D eigenvalue weighted by Gasteiger charge is 2.31. The minimum Gasteiger partial charge on any atom is -0.494 e. The van der Waals surface area contributed by atoms with Crippen molar-refractivity contribution in [3.8, 4) is 5.75 Å². The number of nitrogens with zero attached hydrogens (tertiary/aromatic N) is 4. The number of ether oxygens (including phenoxy) is 5. The minimum atomic E-state index is -0.955. The summed E-state index contributed by atoms with van der Waals surface area (Å²) in [7, 11) is 0. The van der Waals surface area contributed by atoms with Crippen molar-refractivity contribution in [3.63, 3.8) is 0 Å². The molecule has 2 aromatic rings. The highest BCUT2D eigenvalue weighted by atomic mass is 16.6. The number of hydrogen-bond donors (Lipinski definition) is 1. The summed E-state index contributed by atoms with van der Waals surface area (Å²) in [6, 6.07) is 14.4. The Bertz CT molecular complexity index is 1810. The van der Waals surface area contributed by atoms with Crippen molar-refractivity contribution in [1.29, 1.82) is 0 Å². The number of hydrogen-bond acceptors (Lipinski definition) is 14. The van der Waals surface area contributed by atoms with Gasteiger partial charge in [0.2, 0.25) is 0 Å². The van der Waals surface area contributed by atoms with Crippen molar-refractivity contribution < 1.29 is 52.8 Å². The molecule has 1 fully saturated rings. The normalized spacial score (nSPS) is 17.1. The van der Waals surface area contributed by atoms with Crippen LogP contribution in [0.2, 0.25) is 0 Å². The molecule has 15 heteroatoms. The van der Waals surface area contributed by atoms with Gasteiger partial charge in [-0.05, 0) is 138 Å². The Balaban J connectivity index is 1.97. The third-order valence-corrected chi connectivity index (χ3v) is 9.70. The molecule has 1 unspecified atom stereocenters. The number of carboxylic acids is 1. The summed E-state index contributed by atoms with van der Waals surface area (Å²) in [6.45, 7) is 25.1. The minimum absolute atomic E-state index is 0.00568. The lowest BCUT2D eigenvalue weighted by atomic mass is 10.0. The molecular formula is C49H76N4O11. The van der Waals surface area contributed by atoms with E-state index in [-0.39, 0.29) is 49.7 Å². The summed E-state index contributed by atoms with van der Waals surface area (Å²) in [5, 5.41) is 9.19. The summed E-state index contributed by atoms with van der Waals surface area (Å²) >= 11 is 0. The number of aryl methyl sites for hydroxylation is 1. The van der Waals surface area contributed by atoms with Crippen molar-refractivity contribution >= 4 is 29.8 Å². The van der Waals surface area contributed by atoms with Crippen LogP contribution in [0.5, 0.6) is 5.75 Å². The average Bonchev–Trinajstić information content (AvgIpc) is 3.12.